The second-order valence-electron chi connectivity index (χ2n) is 6.58. The minimum absolute atomic E-state index is 0.0101. The Morgan fingerprint density at radius 2 is 1.93 bits per heavy atom. The lowest BCUT2D eigenvalue weighted by molar-refractivity contribution is -0.125. The molecule has 2 aromatic carbocycles. The summed E-state index contributed by atoms with van der Waals surface area (Å²) in [4.78, 5) is 53.6. The number of anilines is 1. The highest BCUT2D eigenvalue weighted by Gasteiger charge is 2.28. The van der Waals surface area contributed by atoms with E-state index in [1.165, 1.54) is 10.9 Å². The fraction of sp³-hybridized carbons (Fsp3) is 0.150. The number of nitrogens with one attached hydrogen (secondary N) is 2. The number of hydrogen-bond donors (Lipinski definition) is 2. The van der Waals surface area contributed by atoms with E-state index in [0.29, 0.717) is 22.2 Å². The quantitative estimate of drug-likeness (QED) is 0.632. The summed E-state index contributed by atoms with van der Waals surface area (Å²) < 4.78 is 1.24. The van der Waals surface area contributed by atoms with Crippen molar-refractivity contribution in [2.24, 2.45) is 0 Å². The molecule has 0 bridgehead atoms. The smallest absolute Gasteiger partial charge is 0.324 e. The average molecular weight is 391 g/mol. The molecule has 1 aromatic heterocycles. The number of carbonyl (C=O) groups is 3. The maximum Gasteiger partial charge on any atom is 0.324 e. The molecule has 9 nitrogen and oxygen atoms in total. The van der Waals surface area contributed by atoms with Crippen LogP contribution in [-0.4, -0.2) is 38.8 Å². The summed E-state index contributed by atoms with van der Waals surface area (Å²) in [7, 11) is 0. The summed E-state index contributed by atoms with van der Waals surface area (Å²) in [6, 6.07) is 13.3. The van der Waals surface area contributed by atoms with Gasteiger partial charge in [-0.15, -0.1) is 0 Å². The number of hydrogen-bond acceptors (Lipinski definition) is 5. The number of benzene rings is 2. The van der Waals surface area contributed by atoms with Gasteiger partial charge in [0.1, 0.15) is 6.54 Å². The first kappa shape index (κ1) is 18.4. The first-order valence-corrected chi connectivity index (χ1v) is 8.92. The third kappa shape index (κ3) is 3.84. The molecular weight excluding hydrogens is 374 g/mol. The van der Waals surface area contributed by atoms with Crippen molar-refractivity contribution in [2.45, 2.75) is 13.1 Å². The number of nitrogens with zero attached hydrogens (tertiary/aromatic N) is 3. The lowest BCUT2D eigenvalue weighted by Crippen LogP contribution is -2.30. The normalized spacial score (nSPS) is 13.6. The van der Waals surface area contributed by atoms with Crippen LogP contribution in [0, 0.1) is 0 Å². The zero-order valence-corrected chi connectivity index (χ0v) is 15.3. The van der Waals surface area contributed by atoms with Gasteiger partial charge in [0.25, 0.3) is 5.56 Å². The number of rotatable bonds is 5. The zero-order chi connectivity index (χ0) is 20.4. The van der Waals surface area contributed by atoms with E-state index in [-0.39, 0.29) is 31.1 Å². The molecule has 0 unspecified atom stereocenters. The lowest BCUT2D eigenvalue weighted by Gasteiger charge is -2.13. The van der Waals surface area contributed by atoms with Crippen molar-refractivity contribution in [1.29, 1.82) is 0 Å². The average Bonchev–Trinajstić information content (AvgIpc) is 3.03. The molecule has 2 heterocycles. The number of imide groups is 1. The molecule has 3 aromatic rings. The van der Waals surface area contributed by atoms with Crippen molar-refractivity contribution in [2.75, 3.05) is 11.9 Å². The van der Waals surface area contributed by atoms with E-state index in [1.54, 1.807) is 48.5 Å². The van der Waals surface area contributed by atoms with E-state index in [2.05, 4.69) is 15.6 Å². The van der Waals surface area contributed by atoms with Gasteiger partial charge in [-0.2, -0.15) is 0 Å². The summed E-state index contributed by atoms with van der Waals surface area (Å²) in [5.74, 6) is -0.691. The Kier molecular flexibility index (Phi) is 4.78. The molecule has 146 valence electrons. The van der Waals surface area contributed by atoms with E-state index in [4.69, 9.17) is 0 Å². The molecule has 4 rings (SSSR count). The predicted molar refractivity (Wildman–Crippen MR) is 105 cm³/mol. The molecule has 1 fully saturated rings. The van der Waals surface area contributed by atoms with Crippen LogP contribution in [0.4, 0.5) is 10.5 Å². The van der Waals surface area contributed by atoms with Crippen LogP contribution in [0.3, 0.4) is 0 Å². The van der Waals surface area contributed by atoms with Crippen molar-refractivity contribution in [3.8, 4) is 0 Å². The first-order chi connectivity index (χ1) is 14.0. The van der Waals surface area contributed by atoms with Crippen molar-refractivity contribution in [3.63, 3.8) is 0 Å². The monoisotopic (exact) mass is 391 g/mol. The summed E-state index contributed by atoms with van der Waals surface area (Å²) in [6.07, 6.45) is 1.35. The van der Waals surface area contributed by atoms with E-state index in [9.17, 15) is 19.2 Å². The summed E-state index contributed by atoms with van der Waals surface area (Å²) in [5, 5.41) is 5.63. The van der Waals surface area contributed by atoms with Crippen LogP contribution in [0.5, 0.6) is 0 Å². The summed E-state index contributed by atoms with van der Waals surface area (Å²) >= 11 is 0. The summed E-state index contributed by atoms with van der Waals surface area (Å²) in [5.41, 5.74) is 1.47. The molecule has 2 N–H and O–H groups in total. The third-order valence-electron chi connectivity index (χ3n) is 4.53. The van der Waals surface area contributed by atoms with Crippen LogP contribution < -0.4 is 16.2 Å². The molecule has 9 heteroatoms. The van der Waals surface area contributed by atoms with Crippen molar-refractivity contribution >= 4 is 34.4 Å². The Hall–Kier alpha value is -4.01. The Bertz CT molecular complexity index is 1170. The van der Waals surface area contributed by atoms with Crippen LogP contribution in [-0.2, 0) is 22.7 Å². The SMILES string of the molecule is O=C(Cn1cnc2ccccc2c1=O)Nc1cccc(CN2C(=O)CNC2=O)c1. The number of carbonyl (C=O) groups excluding carboxylic acids is 3. The molecule has 1 aliphatic heterocycles. The number of para-hydroxylation sites is 1. The molecule has 0 aliphatic carbocycles. The number of aromatic nitrogens is 2. The standard InChI is InChI=1S/C20H17N5O4/c26-17(11-24-12-22-16-7-2-1-6-15(16)19(24)28)23-14-5-3-4-13(8-14)10-25-18(27)9-21-20(25)29/h1-8,12H,9-11H2,(H,21,29)(H,23,26). The zero-order valence-electron chi connectivity index (χ0n) is 15.3. The molecule has 29 heavy (non-hydrogen) atoms. The second-order valence-corrected chi connectivity index (χ2v) is 6.58. The Labute approximate surface area is 165 Å². The third-order valence-corrected chi connectivity index (χ3v) is 4.53. The van der Waals surface area contributed by atoms with Gasteiger partial charge in [0.05, 0.1) is 30.3 Å². The molecule has 0 spiro atoms. The number of fused-ring (bicyclic) bond motifs is 1. The highest BCUT2D eigenvalue weighted by atomic mass is 16.2. The highest BCUT2D eigenvalue weighted by molar-refractivity contribution is 6.01. The second kappa shape index (κ2) is 7.55. The van der Waals surface area contributed by atoms with Crippen LogP contribution in [0.1, 0.15) is 5.56 Å². The van der Waals surface area contributed by atoms with Gasteiger partial charge in [0.15, 0.2) is 0 Å². The molecule has 0 radical (unpaired) electrons. The van der Waals surface area contributed by atoms with Crippen LogP contribution in [0.25, 0.3) is 10.9 Å². The van der Waals surface area contributed by atoms with Crippen molar-refractivity contribution in [3.05, 3.63) is 70.8 Å². The van der Waals surface area contributed by atoms with Crippen LogP contribution in [0.15, 0.2) is 59.7 Å². The van der Waals surface area contributed by atoms with Crippen LogP contribution in [0.2, 0.25) is 0 Å². The Balaban J connectivity index is 1.46. The summed E-state index contributed by atoms with van der Waals surface area (Å²) in [6.45, 7) is -0.0832. The molecule has 1 aliphatic rings. The molecule has 1 saturated heterocycles. The highest BCUT2D eigenvalue weighted by Crippen LogP contribution is 2.14. The van der Waals surface area contributed by atoms with E-state index < -0.39 is 11.9 Å². The fourth-order valence-electron chi connectivity index (χ4n) is 3.12. The van der Waals surface area contributed by atoms with Crippen LogP contribution >= 0.6 is 0 Å². The van der Waals surface area contributed by atoms with Gasteiger partial charge < -0.3 is 10.6 Å². The molecular formula is C20H17N5O4. The van der Waals surface area contributed by atoms with E-state index >= 15 is 0 Å². The van der Waals surface area contributed by atoms with E-state index in [0.717, 1.165) is 4.90 Å². The maximum atomic E-state index is 12.5. The Morgan fingerprint density at radius 3 is 2.72 bits per heavy atom. The van der Waals surface area contributed by atoms with E-state index in [1.807, 2.05) is 0 Å². The maximum absolute atomic E-state index is 12.5. The number of amides is 4. The Morgan fingerprint density at radius 1 is 1.10 bits per heavy atom. The lowest BCUT2D eigenvalue weighted by atomic mass is 10.2. The predicted octanol–water partition coefficient (Wildman–Crippen LogP) is 1.09. The minimum Gasteiger partial charge on any atom is -0.329 e. The topological polar surface area (TPSA) is 113 Å². The molecule has 4 amide bonds. The van der Waals surface area contributed by atoms with Gasteiger partial charge >= 0.3 is 6.03 Å². The largest absolute Gasteiger partial charge is 0.329 e. The molecule has 0 atom stereocenters. The fourth-order valence-corrected chi connectivity index (χ4v) is 3.12. The minimum atomic E-state index is -0.437. The van der Waals surface area contributed by atoms with Gasteiger partial charge in [0.2, 0.25) is 11.8 Å². The van der Waals surface area contributed by atoms with Gasteiger partial charge in [-0.25, -0.2) is 9.78 Å². The first-order valence-electron chi connectivity index (χ1n) is 8.92. The van der Waals surface area contributed by atoms with Gasteiger partial charge in [-0.3, -0.25) is 23.9 Å². The van der Waals surface area contributed by atoms with Crippen molar-refractivity contribution in [1.82, 2.24) is 19.8 Å². The van der Waals surface area contributed by atoms with Gasteiger partial charge in [-0.05, 0) is 29.8 Å². The van der Waals surface area contributed by atoms with Gasteiger partial charge in [0, 0.05) is 5.69 Å². The number of urea groups is 1. The van der Waals surface area contributed by atoms with Crippen molar-refractivity contribution < 1.29 is 14.4 Å². The van der Waals surface area contributed by atoms with Gasteiger partial charge in [-0.1, -0.05) is 24.3 Å². The molecule has 0 saturated carbocycles.